The lowest BCUT2D eigenvalue weighted by Crippen LogP contribution is -2.30. The first-order chi connectivity index (χ1) is 7.04. The van der Waals surface area contributed by atoms with Gasteiger partial charge in [-0.25, -0.2) is 9.78 Å². The minimum atomic E-state index is -0.150. The molecule has 84 valence electrons. The maximum absolute atomic E-state index is 11.5. The highest BCUT2D eigenvalue weighted by atomic mass is 32.1. The molecule has 0 fully saturated rings. The lowest BCUT2D eigenvalue weighted by Gasteiger charge is -2.13. The molecule has 0 spiro atoms. The quantitative estimate of drug-likeness (QED) is 0.826. The third-order valence-corrected chi connectivity index (χ3v) is 2.80. The van der Waals surface area contributed by atoms with Crippen LogP contribution in [0.25, 0.3) is 0 Å². The zero-order valence-corrected chi connectivity index (χ0v) is 9.97. The van der Waals surface area contributed by atoms with E-state index in [0.717, 1.165) is 5.69 Å². The van der Waals surface area contributed by atoms with Gasteiger partial charge in [0.05, 0.1) is 5.69 Å². The van der Waals surface area contributed by atoms with E-state index < -0.39 is 0 Å². The Balaban J connectivity index is 2.61. The molecule has 1 aromatic rings. The molecular weight excluding hydrogens is 212 g/mol. The largest absolute Gasteiger partial charge is 0.328 e. The molecule has 1 aromatic heterocycles. The normalized spacial score (nSPS) is 12.3. The molecule has 15 heavy (non-hydrogen) atoms. The molecule has 1 atom stereocenters. The summed E-state index contributed by atoms with van der Waals surface area (Å²) in [5.41, 5.74) is 6.47. The summed E-state index contributed by atoms with van der Waals surface area (Å²) in [5.74, 6) is 0. The number of hydrogen-bond donors (Lipinski definition) is 2. The molecule has 1 unspecified atom stereocenters. The second kappa shape index (κ2) is 5.09. The number of carbonyl (C=O) groups is 1. The van der Waals surface area contributed by atoms with Gasteiger partial charge in [-0.2, -0.15) is 0 Å². The zero-order valence-electron chi connectivity index (χ0n) is 9.15. The van der Waals surface area contributed by atoms with Crippen molar-refractivity contribution in [2.24, 2.45) is 5.73 Å². The van der Waals surface area contributed by atoms with Crippen LogP contribution in [0.4, 0.5) is 9.93 Å². The van der Waals surface area contributed by atoms with Crippen molar-refractivity contribution in [3.05, 3.63) is 11.1 Å². The molecule has 0 aliphatic carbocycles. The molecule has 1 heterocycles. The van der Waals surface area contributed by atoms with Gasteiger partial charge in [0.25, 0.3) is 0 Å². The monoisotopic (exact) mass is 228 g/mol. The minimum absolute atomic E-state index is 0.101. The van der Waals surface area contributed by atoms with Crippen molar-refractivity contribution >= 4 is 22.5 Å². The highest BCUT2D eigenvalue weighted by molar-refractivity contribution is 7.13. The van der Waals surface area contributed by atoms with Crippen LogP contribution in [0.15, 0.2) is 5.38 Å². The van der Waals surface area contributed by atoms with Crippen molar-refractivity contribution in [2.45, 2.75) is 19.9 Å². The number of urea groups is 1. The van der Waals surface area contributed by atoms with Gasteiger partial charge in [-0.1, -0.05) is 0 Å². The van der Waals surface area contributed by atoms with Gasteiger partial charge in [0.2, 0.25) is 0 Å². The molecule has 0 bridgehead atoms. The SMILES string of the molecule is CCN(C)C(=O)Nc1nc(C(C)N)cs1. The Bertz CT molecular complexity index is 337. The average molecular weight is 228 g/mol. The van der Waals surface area contributed by atoms with Crippen molar-refractivity contribution in [3.63, 3.8) is 0 Å². The first kappa shape index (κ1) is 11.9. The number of thiazole rings is 1. The maximum Gasteiger partial charge on any atom is 0.323 e. The second-order valence-corrected chi connectivity index (χ2v) is 4.17. The van der Waals surface area contributed by atoms with Crippen molar-refractivity contribution in [1.29, 1.82) is 0 Å². The Morgan fingerprint density at radius 1 is 1.80 bits per heavy atom. The topological polar surface area (TPSA) is 71.2 Å². The predicted molar refractivity (Wildman–Crippen MR) is 62.0 cm³/mol. The maximum atomic E-state index is 11.5. The number of nitrogens with two attached hydrogens (primary N) is 1. The Labute approximate surface area is 93.3 Å². The van der Waals surface area contributed by atoms with E-state index in [1.807, 2.05) is 19.2 Å². The van der Waals surface area contributed by atoms with Crippen molar-refractivity contribution in [3.8, 4) is 0 Å². The molecule has 1 rings (SSSR count). The summed E-state index contributed by atoms with van der Waals surface area (Å²) < 4.78 is 0. The average Bonchev–Trinajstić information content (AvgIpc) is 2.65. The fourth-order valence-electron chi connectivity index (χ4n) is 0.883. The van der Waals surface area contributed by atoms with Crippen LogP contribution in [0.3, 0.4) is 0 Å². The fourth-order valence-corrected chi connectivity index (χ4v) is 1.69. The molecule has 6 heteroatoms. The summed E-state index contributed by atoms with van der Waals surface area (Å²) in [4.78, 5) is 17.3. The van der Waals surface area contributed by atoms with E-state index in [4.69, 9.17) is 5.73 Å². The summed E-state index contributed by atoms with van der Waals surface area (Å²) in [6, 6.07) is -0.251. The Kier molecular flexibility index (Phi) is 4.05. The van der Waals surface area contributed by atoms with Crippen molar-refractivity contribution in [1.82, 2.24) is 9.88 Å². The number of carbonyl (C=O) groups excluding carboxylic acids is 1. The highest BCUT2D eigenvalue weighted by Gasteiger charge is 2.10. The Morgan fingerprint density at radius 3 is 2.93 bits per heavy atom. The smallest absolute Gasteiger partial charge is 0.323 e. The van der Waals surface area contributed by atoms with E-state index in [1.165, 1.54) is 11.3 Å². The molecule has 0 saturated carbocycles. The number of rotatable bonds is 3. The number of aromatic nitrogens is 1. The molecular formula is C9H16N4OS. The van der Waals surface area contributed by atoms with Crippen LogP contribution in [0.2, 0.25) is 0 Å². The number of amides is 2. The van der Waals surface area contributed by atoms with Crippen LogP contribution in [-0.4, -0.2) is 29.5 Å². The van der Waals surface area contributed by atoms with Crippen molar-refractivity contribution < 1.29 is 4.79 Å². The van der Waals surface area contributed by atoms with E-state index in [2.05, 4.69) is 10.3 Å². The fraction of sp³-hybridized carbons (Fsp3) is 0.556. The van der Waals surface area contributed by atoms with Gasteiger partial charge in [-0.15, -0.1) is 11.3 Å². The summed E-state index contributed by atoms with van der Waals surface area (Å²) in [6.45, 7) is 4.44. The zero-order chi connectivity index (χ0) is 11.4. The first-order valence-electron chi connectivity index (χ1n) is 4.77. The van der Waals surface area contributed by atoms with E-state index in [-0.39, 0.29) is 12.1 Å². The number of hydrogen-bond acceptors (Lipinski definition) is 4. The van der Waals surface area contributed by atoms with Gasteiger partial charge in [-0.3, -0.25) is 5.32 Å². The highest BCUT2D eigenvalue weighted by Crippen LogP contribution is 2.19. The number of nitrogens with one attached hydrogen (secondary N) is 1. The van der Waals surface area contributed by atoms with Gasteiger partial charge >= 0.3 is 6.03 Å². The van der Waals surface area contributed by atoms with Crippen LogP contribution >= 0.6 is 11.3 Å². The van der Waals surface area contributed by atoms with E-state index in [0.29, 0.717) is 11.7 Å². The standard InChI is InChI=1S/C9H16N4OS/c1-4-13(3)9(14)12-8-11-7(5-15-8)6(2)10/h5-6H,4,10H2,1-3H3,(H,11,12,14). The second-order valence-electron chi connectivity index (χ2n) is 3.31. The third-order valence-electron chi connectivity index (χ3n) is 2.02. The summed E-state index contributed by atoms with van der Waals surface area (Å²) in [6.07, 6.45) is 0. The Hall–Kier alpha value is -1.14. The van der Waals surface area contributed by atoms with E-state index in [1.54, 1.807) is 11.9 Å². The molecule has 0 aromatic carbocycles. The van der Waals surface area contributed by atoms with Crippen LogP contribution in [0.1, 0.15) is 25.6 Å². The summed E-state index contributed by atoms with van der Waals surface area (Å²) in [7, 11) is 1.73. The first-order valence-corrected chi connectivity index (χ1v) is 5.65. The Morgan fingerprint density at radius 2 is 2.47 bits per heavy atom. The van der Waals surface area contributed by atoms with Crippen LogP contribution < -0.4 is 11.1 Å². The van der Waals surface area contributed by atoms with Crippen LogP contribution in [-0.2, 0) is 0 Å². The third kappa shape index (κ3) is 3.17. The predicted octanol–water partition coefficient (Wildman–Crippen LogP) is 1.65. The lowest BCUT2D eigenvalue weighted by molar-refractivity contribution is 0.224. The van der Waals surface area contributed by atoms with Gasteiger partial charge in [0.15, 0.2) is 5.13 Å². The van der Waals surface area contributed by atoms with E-state index in [9.17, 15) is 4.79 Å². The molecule has 2 amide bonds. The summed E-state index contributed by atoms with van der Waals surface area (Å²) in [5, 5.41) is 5.15. The molecule has 5 nitrogen and oxygen atoms in total. The lowest BCUT2D eigenvalue weighted by atomic mass is 10.3. The van der Waals surface area contributed by atoms with Crippen LogP contribution in [0, 0.1) is 0 Å². The molecule has 0 radical (unpaired) electrons. The van der Waals surface area contributed by atoms with E-state index >= 15 is 0 Å². The van der Waals surface area contributed by atoms with Gasteiger partial charge in [0, 0.05) is 25.0 Å². The van der Waals surface area contributed by atoms with Gasteiger partial charge < -0.3 is 10.6 Å². The van der Waals surface area contributed by atoms with Crippen molar-refractivity contribution in [2.75, 3.05) is 18.9 Å². The molecule has 3 N–H and O–H groups in total. The van der Waals surface area contributed by atoms with Gasteiger partial charge in [-0.05, 0) is 13.8 Å². The number of anilines is 1. The summed E-state index contributed by atoms with van der Waals surface area (Å²) >= 11 is 1.38. The van der Waals surface area contributed by atoms with Gasteiger partial charge in [0.1, 0.15) is 0 Å². The van der Waals surface area contributed by atoms with Crippen LogP contribution in [0.5, 0.6) is 0 Å². The number of nitrogens with zero attached hydrogens (tertiary/aromatic N) is 2. The molecule has 0 aliphatic heterocycles. The molecule has 0 saturated heterocycles. The minimum Gasteiger partial charge on any atom is -0.328 e. The molecule has 0 aliphatic rings.